The summed E-state index contributed by atoms with van der Waals surface area (Å²) in [7, 11) is -3.60. The largest absolute Gasteiger partial charge is 0.302 e. The van der Waals surface area contributed by atoms with E-state index in [2.05, 4.69) is 0 Å². The molecule has 2 aliphatic rings. The number of carbonyl (C=O) groups excluding carboxylic acids is 1. The number of rotatable bonds is 5. The average Bonchev–Trinajstić information content (AvgIpc) is 3.20. The van der Waals surface area contributed by atoms with Gasteiger partial charge in [-0.3, -0.25) is 0 Å². The van der Waals surface area contributed by atoms with Crippen LogP contribution in [0.1, 0.15) is 24.8 Å². The number of fused-ring (bicyclic) bond motifs is 2. The summed E-state index contributed by atoms with van der Waals surface area (Å²) in [5, 5.41) is 0. The van der Waals surface area contributed by atoms with Crippen molar-refractivity contribution in [2.45, 2.75) is 52.8 Å². The number of thioether (sulfide) groups is 1. The summed E-state index contributed by atoms with van der Waals surface area (Å²) in [6.07, 6.45) is 3.10. The van der Waals surface area contributed by atoms with Crippen molar-refractivity contribution >= 4 is 28.1 Å². The molecule has 2 fully saturated rings. The number of benzene rings is 2. The van der Waals surface area contributed by atoms with E-state index in [0.717, 1.165) is 29.6 Å². The van der Waals surface area contributed by atoms with Gasteiger partial charge >= 0.3 is 0 Å². The van der Waals surface area contributed by atoms with Crippen molar-refractivity contribution in [3.05, 3.63) is 60.2 Å². The molecule has 2 saturated heterocycles. The van der Waals surface area contributed by atoms with Gasteiger partial charge < -0.3 is 4.79 Å². The molecule has 2 heterocycles. The quantitative estimate of drug-likeness (QED) is 0.735. The molecule has 2 aromatic carbocycles. The summed E-state index contributed by atoms with van der Waals surface area (Å²) in [5.41, 5.74) is 1.02. The number of hydrogen-bond acceptors (Lipinski definition) is 4. The minimum Gasteiger partial charge on any atom is -0.302 e. The van der Waals surface area contributed by atoms with Crippen LogP contribution in [0.25, 0.3) is 0 Å². The number of sulfonamides is 1. The van der Waals surface area contributed by atoms with Crippen molar-refractivity contribution in [1.82, 2.24) is 4.31 Å². The van der Waals surface area contributed by atoms with Crippen molar-refractivity contribution < 1.29 is 13.2 Å². The molecule has 136 valence electrons. The molecule has 6 heteroatoms. The lowest BCUT2D eigenvalue weighted by Gasteiger charge is -2.31. The Morgan fingerprint density at radius 2 is 1.77 bits per heavy atom. The lowest BCUT2D eigenvalue weighted by atomic mass is 9.89. The summed E-state index contributed by atoms with van der Waals surface area (Å²) in [4.78, 5) is 13.4. The molecular weight excluding hydrogens is 366 g/mol. The zero-order valence-corrected chi connectivity index (χ0v) is 16.2. The first-order chi connectivity index (χ1) is 12.5. The predicted octanol–water partition coefficient (Wildman–Crippen LogP) is 3.65. The van der Waals surface area contributed by atoms with Crippen LogP contribution >= 0.6 is 11.8 Å². The lowest BCUT2D eigenvalue weighted by molar-refractivity contribution is -0.110. The Balaban J connectivity index is 1.69. The monoisotopic (exact) mass is 387 g/mol. The number of hydrogen-bond donors (Lipinski definition) is 0. The van der Waals surface area contributed by atoms with Crippen LogP contribution in [0.4, 0.5) is 0 Å². The van der Waals surface area contributed by atoms with Crippen LogP contribution in [-0.4, -0.2) is 35.8 Å². The highest BCUT2D eigenvalue weighted by Crippen LogP contribution is 2.54. The SMILES string of the molecule is Cc1ccc(S(=O)(=O)N2[C@@H]3CC[C@H]2[C@@](C=O)(Sc2ccccc2)C3)cc1. The smallest absolute Gasteiger partial charge is 0.243 e. The van der Waals surface area contributed by atoms with Crippen LogP contribution in [-0.2, 0) is 14.8 Å². The third kappa shape index (κ3) is 2.80. The van der Waals surface area contributed by atoms with E-state index in [1.54, 1.807) is 16.4 Å². The lowest BCUT2D eigenvalue weighted by Crippen LogP contribution is -2.44. The molecule has 4 rings (SSSR count). The molecule has 0 radical (unpaired) electrons. The van der Waals surface area contributed by atoms with Crippen molar-refractivity contribution in [2.75, 3.05) is 0 Å². The topological polar surface area (TPSA) is 54.5 Å². The first-order valence-electron chi connectivity index (χ1n) is 8.77. The maximum Gasteiger partial charge on any atom is 0.243 e. The molecule has 2 bridgehead atoms. The van der Waals surface area contributed by atoms with Crippen molar-refractivity contribution in [1.29, 1.82) is 0 Å². The van der Waals surface area contributed by atoms with E-state index < -0.39 is 14.8 Å². The highest BCUT2D eigenvalue weighted by molar-refractivity contribution is 8.01. The second kappa shape index (κ2) is 6.51. The molecule has 2 aliphatic heterocycles. The summed E-state index contributed by atoms with van der Waals surface area (Å²) in [6, 6.07) is 16.3. The minimum atomic E-state index is -3.60. The maximum absolute atomic E-state index is 13.3. The fourth-order valence-electron chi connectivity index (χ4n) is 4.18. The molecule has 2 aromatic rings. The zero-order chi connectivity index (χ0) is 18.4. The van der Waals surface area contributed by atoms with E-state index in [1.165, 1.54) is 11.8 Å². The van der Waals surface area contributed by atoms with Crippen LogP contribution in [0.2, 0.25) is 0 Å². The van der Waals surface area contributed by atoms with E-state index in [1.807, 2.05) is 49.4 Å². The predicted molar refractivity (Wildman–Crippen MR) is 103 cm³/mol. The molecule has 0 unspecified atom stereocenters. The standard InChI is InChI=1S/C20H21NO3S2/c1-15-7-10-18(11-8-15)26(23,24)21-16-9-12-19(21)20(13-16,14-22)25-17-5-3-2-4-6-17/h2-8,10-11,14,16,19H,9,12-13H2,1H3/t16-,19+,20-/m1/s1. The van der Waals surface area contributed by atoms with E-state index >= 15 is 0 Å². The van der Waals surface area contributed by atoms with Crippen molar-refractivity contribution in [3.63, 3.8) is 0 Å². The first-order valence-corrected chi connectivity index (χ1v) is 11.0. The van der Waals surface area contributed by atoms with Crippen LogP contribution in [0.5, 0.6) is 0 Å². The molecule has 3 atom stereocenters. The maximum atomic E-state index is 13.3. The first kappa shape index (κ1) is 17.8. The van der Waals surface area contributed by atoms with Gasteiger partial charge in [0.25, 0.3) is 0 Å². The van der Waals surface area contributed by atoms with Crippen LogP contribution in [0, 0.1) is 6.92 Å². The second-order valence-corrected chi connectivity index (χ2v) is 10.4. The van der Waals surface area contributed by atoms with Gasteiger partial charge in [0.15, 0.2) is 0 Å². The average molecular weight is 388 g/mol. The Morgan fingerprint density at radius 3 is 2.42 bits per heavy atom. The van der Waals surface area contributed by atoms with Crippen LogP contribution in [0.15, 0.2) is 64.4 Å². The van der Waals surface area contributed by atoms with Crippen molar-refractivity contribution in [2.24, 2.45) is 0 Å². The summed E-state index contributed by atoms with van der Waals surface area (Å²) < 4.78 is 27.4. The molecule has 0 saturated carbocycles. The van der Waals surface area contributed by atoms with E-state index in [4.69, 9.17) is 0 Å². The Hall–Kier alpha value is -1.63. The molecular formula is C20H21NO3S2. The minimum absolute atomic E-state index is 0.104. The van der Waals surface area contributed by atoms with Crippen LogP contribution in [0.3, 0.4) is 0 Å². The van der Waals surface area contributed by atoms with Gasteiger partial charge in [0.1, 0.15) is 6.29 Å². The number of aryl methyl sites for hydroxylation is 1. The fourth-order valence-corrected chi connectivity index (χ4v) is 7.59. The summed E-state index contributed by atoms with van der Waals surface area (Å²) in [6.45, 7) is 1.93. The van der Waals surface area contributed by atoms with Gasteiger partial charge in [0.2, 0.25) is 10.0 Å². The van der Waals surface area contributed by atoms with Gasteiger partial charge in [-0.15, -0.1) is 11.8 Å². The zero-order valence-electron chi connectivity index (χ0n) is 14.5. The van der Waals surface area contributed by atoms with Gasteiger partial charge in [-0.1, -0.05) is 35.9 Å². The van der Waals surface area contributed by atoms with Gasteiger partial charge in [-0.25, -0.2) is 8.42 Å². The molecule has 26 heavy (non-hydrogen) atoms. The number of carbonyl (C=O) groups is 1. The van der Waals surface area contributed by atoms with E-state index in [9.17, 15) is 13.2 Å². The normalized spacial score (nSPS) is 28.3. The Labute approximate surface area is 158 Å². The summed E-state index contributed by atoms with van der Waals surface area (Å²) in [5.74, 6) is 0. The Bertz CT molecular complexity index is 912. The van der Waals surface area contributed by atoms with Gasteiger partial charge in [0.05, 0.1) is 9.64 Å². The van der Waals surface area contributed by atoms with Gasteiger partial charge in [-0.05, 0) is 50.5 Å². The summed E-state index contributed by atoms with van der Waals surface area (Å²) >= 11 is 1.51. The Morgan fingerprint density at radius 1 is 1.08 bits per heavy atom. The Kier molecular flexibility index (Phi) is 4.45. The van der Waals surface area contributed by atoms with E-state index in [-0.39, 0.29) is 12.1 Å². The highest BCUT2D eigenvalue weighted by atomic mass is 32.2. The van der Waals surface area contributed by atoms with Gasteiger partial charge in [0, 0.05) is 17.0 Å². The third-order valence-electron chi connectivity index (χ3n) is 5.41. The highest BCUT2D eigenvalue weighted by Gasteiger charge is 2.60. The molecule has 4 nitrogen and oxygen atoms in total. The fraction of sp³-hybridized carbons (Fsp3) is 0.350. The molecule has 0 N–H and O–H groups in total. The number of nitrogens with zero attached hydrogens (tertiary/aromatic N) is 1. The second-order valence-electron chi connectivity index (χ2n) is 7.09. The van der Waals surface area contributed by atoms with E-state index in [0.29, 0.717) is 11.3 Å². The van der Waals surface area contributed by atoms with Crippen LogP contribution < -0.4 is 0 Å². The van der Waals surface area contributed by atoms with Crippen molar-refractivity contribution in [3.8, 4) is 0 Å². The van der Waals surface area contributed by atoms with Gasteiger partial charge in [-0.2, -0.15) is 4.31 Å². The molecule has 0 amide bonds. The molecule has 0 aromatic heterocycles. The number of aldehydes is 1. The molecule has 0 spiro atoms. The third-order valence-corrected chi connectivity index (χ3v) is 8.80. The molecule has 0 aliphatic carbocycles.